The minimum Gasteiger partial charge on any atom is -0.382 e. The van der Waals surface area contributed by atoms with Crippen LogP contribution in [0, 0.1) is 0 Å². The van der Waals surface area contributed by atoms with Gasteiger partial charge in [0.2, 0.25) is 5.91 Å². The third-order valence-electron chi connectivity index (χ3n) is 1.71. The summed E-state index contributed by atoms with van der Waals surface area (Å²) in [7, 11) is 1.63. The number of carbonyl (C=O) groups is 1. The molecule has 0 spiro atoms. The zero-order chi connectivity index (χ0) is 11.4. The molecule has 0 aliphatic heterocycles. The van der Waals surface area contributed by atoms with Crippen molar-refractivity contribution >= 4 is 5.91 Å². The highest BCUT2D eigenvalue weighted by Crippen LogP contribution is 1.75. The summed E-state index contributed by atoms with van der Waals surface area (Å²) in [6.45, 7) is 5.56. The molecule has 0 unspecified atom stereocenters. The molecule has 5 nitrogen and oxygen atoms in total. The predicted molar refractivity (Wildman–Crippen MR) is 58.9 cm³/mol. The van der Waals surface area contributed by atoms with Crippen LogP contribution in [0.3, 0.4) is 0 Å². The van der Waals surface area contributed by atoms with Crippen LogP contribution >= 0.6 is 0 Å². The molecule has 0 saturated carbocycles. The van der Waals surface area contributed by atoms with Gasteiger partial charge in [0.1, 0.15) is 0 Å². The van der Waals surface area contributed by atoms with Crippen LogP contribution in [-0.2, 0) is 14.3 Å². The maximum absolute atomic E-state index is 11.2. The van der Waals surface area contributed by atoms with Gasteiger partial charge >= 0.3 is 0 Å². The zero-order valence-electron chi connectivity index (χ0n) is 9.67. The first-order valence-corrected chi connectivity index (χ1v) is 5.35. The van der Waals surface area contributed by atoms with Crippen LogP contribution in [0.25, 0.3) is 0 Å². The molecule has 1 amide bonds. The highest BCUT2D eigenvalue weighted by atomic mass is 16.5. The molecule has 90 valence electrons. The van der Waals surface area contributed by atoms with Gasteiger partial charge in [-0.3, -0.25) is 4.79 Å². The molecule has 5 heteroatoms. The number of methoxy groups -OCH3 is 1. The third kappa shape index (κ3) is 11.3. The van der Waals surface area contributed by atoms with Crippen molar-refractivity contribution in [2.24, 2.45) is 0 Å². The molecule has 2 N–H and O–H groups in total. The largest absolute Gasteiger partial charge is 0.382 e. The molecule has 15 heavy (non-hydrogen) atoms. The van der Waals surface area contributed by atoms with E-state index in [9.17, 15) is 4.79 Å². The fourth-order valence-corrected chi connectivity index (χ4v) is 0.948. The standard InChI is InChI=1S/C10H22N2O3/c1-3-4-11-9-10(13)12-5-6-15-8-7-14-2/h11H,3-9H2,1-2H3,(H,12,13). The SMILES string of the molecule is CCCNCC(=O)NCCOCCOC. The highest BCUT2D eigenvalue weighted by molar-refractivity contribution is 5.77. The van der Waals surface area contributed by atoms with Crippen LogP contribution in [0.2, 0.25) is 0 Å². The summed E-state index contributed by atoms with van der Waals surface area (Å²) in [6.07, 6.45) is 1.04. The van der Waals surface area contributed by atoms with Crippen molar-refractivity contribution in [3.63, 3.8) is 0 Å². The molecule has 0 aliphatic rings. The summed E-state index contributed by atoms with van der Waals surface area (Å²) in [6, 6.07) is 0. The molecular weight excluding hydrogens is 196 g/mol. The van der Waals surface area contributed by atoms with E-state index in [0.29, 0.717) is 32.9 Å². The Morgan fingerprint density at radius 1 is 1.20 bits per heavy atom. The maximum atomic E-state index is 11.2. The lowest BCUT2D eigenvalue weighted by atomic mass is 10.4. The number of rotatable bonds is 10. The molecule has 0 aromatic heterocycles. The van der Waals surface area contributed by atoms with Gasteiger partial charge in [-0.05, 0) is 13.0 Å². The van der Waals surface area contributed by atoms with Gasteiger partial charge in [-0.1, -0.05) is 6.92 Å². The first-order valence-electron chi connectivity index (χ1n) is 5.35. The molecule has 0 aliphatic carbocycles. The van der Waals surface area contributed by atoms with Gasteiger partial charge in [-0.25, -0.2) is 0 Å². The topological polar surface area (TPSA) is 59.6 Å². The molecule has 0 radical (unpaired) electrons. The Kier molecular flexibility index (Phi) is 10.9. The average Bonchev–Trinajstić information content (AvgIpc) is 2.23. The van der Waals surface area contributed by atoms with E-state index >= 15 is 0 Å². The normalized spacial score (nSPS) is 10.3. The van der Waals surface area contributed by atoms with E-state index in [2.05, 4.69) is 17.6 Å². The lowest BCUT2D eigenvalue weighted by Crippen LogP contribution is -2.36. The van der Waals surface area contributed by atoms with E-state index in [4.69, 9.17) is 9.47 Å². The Morgan fingerprint density at radius 3 is 2.67 bits per heavy atom. The molecule has 0 rings (SSSR count). The van der Waals surface area contributed by atoms with Gasteiger partial charge < -0.3 is 20.1 Å². The monoisotopic (exact) mass is 218 g/mol. The minimum absolute atomic E-state index is 0.0128. The summed E-state index contributed by atoms with van der Waals surface area (Å²) in [5.41, 5.74) is 0. The van der Waals surface area contributed by atoms with Crippen molar-refractivity contribution in [3.05, 3.63) is 0 Å². The Morgan fingerprint density at radius 2 is 2.00 bits per heavy atom. The molecule has 0 fully saturated rings. The van der Waals surface area contributed by atoms with E-state index in [1.165, 1.54) is 0 Å². The Labute approximate surface area is 91.5 Å². The van der Waals surface area contributed by atoms with Crippen LogP contribution in [0.1, 0.15) is 13.3 Å². The summed E-state index contributed by atoms with van der Waals surface area (Å²) in [4.78, 5) is 11.2. The molecule has 0 saturated heterocycles. The smallest absolute Gasteiger partial charge is 0.234 e. The summed E-state index contributed by atoms with van der Waals surface area (Å²) in [5, 5.41) is 5.77. The van der Waals surface area contributed by atoms with Gasteiger partial charge in [0, 0.05) is 13.7 Å². The molecule has 0 heterocycles. The Bertz CT molecular complexity index is 154. The summed E-state index contributed by atoms with van der Waals surface area (Å²) in [5.74, 6) is 0.0128. The van der Waals surface area contributed by atoms with Gasteiger partial charge in [0.25, 0.3) is 0 Å². The van der Waals surface area contributed by atoms with Crippen LogP contribution in [0.5, 0.6) is 0 Å². The van der Waals surface area contributed by atoms with Crippen molar-refractivity contribution in [2.45, 2.75) is 13.3 Å². The second-order valence-corrected chi connectivity index (χ2v) is 3.13. The number of hydrogen-bond donors (Lipinski definition) is 2. The predicted octanol–water partition coefficient (Wildman–Crippen LogP) is -0.235. The second kappa shape index (κ2) is 11.4. The van der Waals surface area contributed by atoms with Gasteiger partial charge in [-0.15, -0.1) is 0 Å². The molecule has 0 atom stereocenters. The maximum Gasteiger partial charge on any atom is 0.234 e. The molecule has 0 aromatic rings. The lowest BCUT2D eigenvalue weighted by molar-refractivity contribution is -0.120. The van der Waals surface area contributed by atoms with Crippen molar-refractivity contribution in [1.82, 2.24) is 10.6 Å². The molecule has 0 aromatic carbocycles. The van der Waals surface area contributed by atoms with Crippen molar-refractivity contribution in [3.8, 4) is 0 Å². The highest BCUT2D eigenvalue weighted by Gasteiger charge is 1.98. The number of hydrogen-bond acceptors (Lipinski definition) is 4. The Hall–Kier alpha value is -0.650. The van der Waals surface area contributed by atoms with E-state index in [-0.39, 0.29) is 5.91 Å². The first-order chi connectivity index (χ1) is 7.31. The Balaban J connectivity index is 3.10. The van der Waals surface area contributed by atoms with Gasteiger partial charge in [0.05, 0.1) is 26.4 Å². The van der Waals surface area contributed by atoms with Crippen molar-refractivity contribution in [2.75, 3.05) is 46.6 Å². The fraction of sp³-hybridized carbons (Fsp3) is 0.900. The van der Waals surface area contributed by atoms with Gasteiger partial charge in [-0.2, -0.15) is 0 Å². The van der Waals surface area contributed by atoms with Crippen LogP contribution < -0.4 is 10.6 Å². The molecule has 0 bridgehead atoms. The zero-order valence-corrected chi connectivity index (χ0v) is 9.67. The van der Waals surface area contributed by atoms with Crippen molar-refractivity contribution < 1.29 is 14.3 Å². The minimum atomic E-state index is 0.0128. The quantitative estimate of drug-likeness (QED) is 0.497. The third-order valence-corrected chi connectivity index (χ3v) is 1.71. The number of carbonyl (C=O) groups excluding carboxylic acids is 1. The lowest BCUT2D eigenvalue weighted by Gasteiger charge is -2.06. The average molecular weight is 218 g/mol. The van der Waals surface area contributed by atoms with Gasteiger partial charge in [0.15, 0.2) is 0 Å². The fourth-order valence-electron chi connectivity index (χ4n) is 0.948. The van der Waals surface area contributed by atoms with E-state index in [1.807, 2.05) is 0 Å². The molecular formula is C10H22N2O3. The summed E-state index contributed by atoms with van der Waals surface area (Å²) < 4.78 is 10.0. The number of nitrogens with one attached hydrogen (secondary N) is 2. The van der Waals surface area contributed by atoms with E-state index in [1.54, 1.807) is 7.11 Å². The van der Waals surface area contributed by atoms with Crippen LogP contribution in [0.4, 0.5) is 0 Å². The second-order valence-electron chi connectivity index (χ2n) is 3.13. The number of amides is 1. The first kappa shape index (κ1) is 14.3. The van der Waals surface area contributed by atoms with Crippen LogP contribution in [-0.4, -0.2) is 52.5 Å². The summed E-state index contributed by atoms with van der Waals surface area (Å²) >= 11 is 0. The number of ether oxygens (including phenoxy) is 2. The van der Waals surface area contributed by atoms with Crippen molar-refractivity contribution in [1.29, 1.82) is 0 Å². The van der Waals surface area contributed by atoms with E-state index < -0.39 is 0 Å². The van der Waals surface area contributed by atoms with E-state index in [0.717, 1.165) is 13.0 Å². The van der Waals surface area contributed by atoms with Crippen LogP contribution in [0.15, 0.2) is 0 Å².